The first-order chi connectivity index (χ1) is 8.09. The normalized spacial score (nSPS) is 12.5. The molecular weight excluding hydrogens is 262 g/mol. The Bertz CT molecular complexity index is 546. The lowest BCUT2D eigenvalue weighted by atomic mass is 10.0. The molecule has 1 aromatic heterocycles. The molecule has 0 aliphatic rings. The molecule has 2 aromatic rings. The summed E-state index contributed by atoms with van der Waals surface area (Å²) in [6, 6.07) is 5.18. The molecule has 0 fully saturated rings. The number of benzene rings is 1. The van der Waals surface area contributed by atoms with Crippen LogP contribution in [0.4, 0.5) is 4.39 Å². The topological polar surface area (TPSA) is 38.9 Å². The first kappa shape index (κ1) is 12.3. The number of aromatic nitrogens is 1. The molecule has 0 bridgehead atoms. The Morgan fingerprint density at radius 2 is 1.88 bits per heavy atom. The van der Waals surface area contributed by atoms with Crippen LogP contribution in [0, 0.1) is 5.82 Å². The zero-order valence-corrected chi connectivity index (χ0v) is 10.2. The Hall–Kier alpha value is -1.16. The van der Waals surface area contributed by atoms with E-state index in [1.807, 2.05) is 0 Å². The second-order valence-electron chi connectivity index (χ2n) is 3.54. The zero-order valence-electron chi connectivity index (χ0n) is 8.70. The third-order valence-electron chi connectivity index (χ3n) is 2.43. The largest absolute Gasteiger partial charge is 0.320 e. The van der Waals surface area contributed by atoms with Gasteiger partial charge in [-0.25, -0.2) is 4.39 Å². The minimum Gasteiger partial charge on any atom is -0.320 e. The van der Waals surface area contributed by atoms with Crippen molar-refractivity contribution in [2.24, 2.45) is 5.73 Å². The van der Waals surface area contributed by atoms with Crippen LogP contribution in [-0.4, -0.2) is 4.98 Å². The molecule has 0 saturated carbocycles. The summed E-state index contributed by atoms with van der Waals surface area (Å²) >= 11 is 12.0. The Morgan fingerprint density at radius 1 is 1.12 bits per heavy atom. The van der Waals surface area contributed by atoms with Gasteiger partial charge in [0.25, 0.3) is 0 Å². The summed E-state index contributed by atoms with van der Waals surface area (Å²) in [5, 5.41) is 0.840. The van der Waals surface area contributed by atoms with Gasteiger partial charge in [-0.1, -0.05) is 23.2 Å². The minimum absolute atomic E-state index is 0.384. The standard InChI is InChI=1S/C12H9Cl2FN2/c13-10-2-1-7(15)5-9(10)12(16)8-3-4-17-6-11(8)14/h1-6,12H,16H2. The first-order valence-electron chi connectivity index (χ1n) is 4.89. The van der Waals surface area contributed by atoms with Crippen LogP contribution in [0.5, 0.6) is 0 Å². The summed E-state index contributed by atoms with van der Waals surface area (Å²) in [5.74, 6) is -0.384. The lowest BCUT2D eigenvalue weighted by Gasteiger charge is -2.15. The number of halogens is 3. The molecule has 88 valence electrons. The second kappa shape index (κ2) is 5.00. The van der Waals surface area contributed by atoms with Gasteiger partial charge < -0.3 is 5.73 Å². The van der Waals surface area contributed by atoms with Crippen molar-refractivity contribution in [1.82, 2.24) is 4.98 Å². The van der Waals surface area contributed by atoms with Crippen molar-refractivity contribution in [2.45, 2.75) is 6.04 Å². The van der Waals surface area contributed by atoms with Gasteiger partial charge in [-0.15, -0.1) is 0 Å². The maximum atomic E-state index is 13.2. The fraction of sp³-hybridized carbons (Fsp3) is 0.0833. The van der Waals surface area contributed by atoms with Crippen LogP contribution in [0.2, 0.25) is 10.0 Å². The molecule has 2 rings (SSSR count). The van der Waals surface area contributed by atoms with E-state index in [-0.39, 0.29) is 5.82 Å². The van der Waals surface area contributed by atoms with Crippen LogP contribution in [0.1, 0.15) is 17.2 Å². The molecule has 1 heterocycles. The molecule has 2 N–H and O–H groups in total. The lowest BCUT2D eigenvalue weighted by molar-refractivity contribution is 0.623. The van der Waals surface area contributed by atoms with Gasteiger partial charge in [0, 0.05) is 17.4 Å². The highest BCUT2D eigenvalue weighted by molar-refractivity contribution is 6.32. The lowest BCUT2D eigenvalue weighted by Crippen LogP contribution is -2.13. The van der Waals surface area contributed by atoms with Crippen molar-refractivity contribution >= 4 is 23.2 Å². The first-order valence-corrected chi connectivity index (χ1v) is 5.65. The van der Waals surface area contributed by atoms with Gasteiger partial charge in [0.2, 0.25) is 0 Å². The molecule has 1 atom stereocenters. The van der Waals surface area contributed by atoms with E-state index >= 15 is 0 Å². The van der Waals surface area contributed by atoms with E-state index in [1.165, 1.54) is 24.4 Å². The van der Waals surface area contributed by atoms with Gasteiger partial charge in [-0.2, -0.15) is 0 Å². The average Bonchev–Trinajstić information content (AvgIpc) is 2.32. The molecule has 1 aromatic carbocycles. The zero-order chi connectivity index (χ0) is 12.4. The molecule has 0 saturated heterocycles. The van der Waals surface area contributed by atoms with Gasteiger partial charge in [-0.05, 0) is 35.4 Å². The molecule has 0 aliphatic heterocycles. The van der Waals surface area contributed by atoms with E-state index in [1.54, 1.807) is 12.3 Å². The maximum Gasteiger partial charge on any atom is 0.123 e. The van der Waals surface area contributed by atoms with E-state index in [9.17, 15) is 4.39 Å². The Labute approximate surface area is 108 Å². The monoisotopic (exact) mass is 270 g/mol. The molecule has 2 nitrogen and oxygen atoms in total. The molecule has 5 heteroatoms. The van der Waals surface area contributed by atoms with Crippen molar-refractivity contribution in [3.8, 4) is 0 Å². The number of rotatable bonds is 2. The van der Waals surface area contributed by atoms with Crippen molar-refractivity contribution in [1.29, 1.82) is 0 Å². The van der Waals surface area contributed by atoms with Crippen molar-refractivity contribution in [3.05, 3.63) is 63.6 Å². The highest BCUT2D eigenvalue weighted by Gasteiger charge is 2.16. The summed E-state index contributed by atoms with van der Waals surface area (Å²) in [6.45, 7) is 0. The Kier molecular flexibility index (Phi) is 3.62. The van der Waals surface area contributed by atoms with E-state index in [0.717, 1.165) is 0 Å². The molecule has 0 radical (unpaired) electrons. The molecule has 0 spiro atoms. The quantitative estimate of drug-likeness (QED) is 0.906. The molecular formula is C12H9Cl2FN2. The third-order valence-corrected chi connectivity index (χ3v) is 3.09. The van der Waals surface area contributed by atoms with Gasteiger partial charge in [0.05, 0.1) is 11.1 Å². The van der Waals surface area contributed by atoms with Crippen LogP contribution in [-0.2, 0) is 0 Å². The van der Waals surface area contributed by atoms with E-state index in [2.05, 4.69) is 4.98 Å². The summed E-state index contributed by atoms with van der Waals surface area (Å²) in [6.07, 6.45) is 3.07. The summed E-state index contributed by atoms with van der Waals surface area (Å²) in [7, 11) is 0. The predicted octanol–water partition coefficient (Wildman–Crippen LogP) is 3.58. The number of nitrogens with zero attached hydrogens (tertiary/aromatic N) is 1. The third kappa shape index (κ3) is 2.57. The SMILES string of the molecule is NC(c1ccncc1Cl)c1cc(F)ccc1Cl. The number of nitrogens with two attached hydrogens (primary N) is 1. The fourth-order valence-corrected chi connectivity index (χ4v) is 2.03. The molecule has 0 amide bonds. The van der Waals surface area contributed by atoms with Crippen molar-refractivity contribution in [3.63, 3.8) is 0 Å². The summed E-state index contributed by atoms with van der Waals surface area (Å²) in [4.78, 5) is 3.87. The highest BCUT2D eigenvalue weighted by Crippen LogP contribution is 2.30. The van der Waals surface area contributed by atoms with Crippen LogP contribution in [0.25, 0.3) is 0 Å². The van der Waals surface area contributed by atoms with E-state index < -0.39 is 6.04 Å². The highest BCUT2D eigenvalue weighted by atomic mass is 35.5. The van der Waals surface area contributed by atoms with Gasteiger partial charge in [0.1, 0.15) is 5.82 Å². The molecule has 0 aliphatic carbocycles. The molecule has 17 heavy (non-hydrogen) atoms. The summed E-state index contributed by atoms with van der Waals surface area (Å²) in [5.41, 5.74) is 7.18. The number of pyridine rings is 1. The Balaban J connectivity index is 2.47. The van der Waals surface area contributed by atoms with Gasteiger partial charge in [-0.3, -0.25) is 4.98 Å². The van der Waals surface area contributed by atoms with Crippen LogP contribution in [0.15, 0.2) is 36.7 Å². The van der Waals surface area contributed by atoms with E-state index in [4.69, 9.17) is 28.9 Å². The van der Waals surface area contributed by atoms with Crippen molar-refractivity contribution < 1.29 is 4.39 Å². The maximum absolute atomic E-state index is 13.2. The second-order valence-corrected chi connectivity index (χ2v) is 4.36. The van der Waals surface area contributed by atoms with Crippen LogP contribution < -0.4 is 5.73 Å². The Morgan fingerprint density at radius 3 is 2.59 bits per heavy atom. The van der Waals surface area contributed by atoms with Crippen LogP contribution in [0.3, 0.4) is 0 Å². The molecule has 1 unspecified atom stereocenters. The van der Waals surface area contributed by atoms with Gasteiger partial charge in [0.15, 0.2) is 0 Å². The van der Waals surface area contributed by atoms with Crippen molar-refractivity contribution in [2.75, 3.05) is 0 Å². The minimum atomic E-state index is -0.575. The fourth-order valence-electron chi connectivity index (χ4n) is 1.56. The predicted molar refractivity (Wildman–Crippen MR) is 66.7 cm³/mol. The summed E-state index contributed by atoms with van der Waals surface area (Å²) < 4.78 is 13.2. The van der Waals surface area contributed by atoms with Crippen LogP contribution >= 0.6 is 23.2 Å². The smallest absolute Gasteiger partial charge is 0.123 e. The van der Waals surface area contributed by atoms with Gasteiger partial charge >= 0.3 is 0 Å². The number of hydrogen-bond acceptors (Lipinski definition) is 2. The number of hydrogen-bond donors (Lipinski definition) is 1. The van der Waals surface area contributed by atoms with E-state index in [0.29, 0.717) is 21.2 Å². The average molecular weight is 271 g/mol.